The first-order chi connectivity index (χ1) is 5.84. The Balaban J connectivity index is 2.19. The minimum absolute atomic E-state index is 0.325. The Bertz CT molecular complexity index is 341. The van der Waals surface area contributed by atoms with E-state index in [0.29, 0.717) is 6.04 Å². The van der Waals surface area contributed by atoms with Crippen LogP contribution in [0.15, 0.2) is 12.1 Å². The van der Waals surface area contributed by atoms with Crippen LogP contribution in [0.2, 0.25) is 0 Å². The third-order valence-electron chi connectivity index (χ3n) is 3.25. The van der Waals surface area contributed by atoms with Crippen LogP contribution < -0.4 is 5.73 Å². The summed E-state index contributed by atoms with van der Waals surface area (Å²) in [6.07, 6.45) is 4.91. The fourth-order valence-electron chi connectivity index (χ4n) is 2.35. The third-order valence-corrected chi connectivity index (χ3v) is 3.25. The molecule has 1 atom stereocenters. The Labute approximate surface area is 72.6 Å². The zero-order chi connectivity index (χ0) is 8.13. The second kappa shape index (κ2) is 2.11. The molecule has 1 aromatic carbocycles. The van der Waals surface area contributed by atoms with Gasteiger partial charge in [0, 0.05) is 6.04 Å². The van der Waals surface area contributed by atoms with Crippen LogP contribution in [-0.2, 0) is 19.3 Å². The van der Waals surface area contributed by atoms with E-state index in [1.165, 1.54) is 30.4 Å². The molecule has 0 bridgehead atoms. The molecular weight excluding hydrogens is 146 g/mol. The minimum Gasteiger partial charge on any atom is -0.324 e. The zero-order valence-electron chi connectivity index (χ0n) is 7.14. The first-order valence-electron chi connectivity index (χ1n) is 4.75. The fraction of sp³-hybridized carbons (Fsp3) is 0.455. The van der Waals surface area contributed by atoms with Crippen molar-refractivity contribution in [2.75, 3.05) is 0 Å². The van der Waals surface area contributed by atoms with E-state index in [4.69, 9.17) is 5.73 Å². The smallest absolute Gasteiger partial charge is 0.0300 e. The van der Waals surface area contributed by atoms with Gasteiger partial charge in [-0.15, -0.1) is 0 Å². The highest BCUT2D eigenvalue weighted by atomic mass is 14.6. The fourth-order valence-corrected chi connectivity index (χ4v) is 2.35. The largest absolute Gasteiger partial charge is 0.324 e. The average Bonchev–Trinajstić information content (AvgIpc) is 2.37. The Morgan fingerprint density at radius 2 is 1.75 bits per heavy atom. The second-order valence-electron chi connectivity index (χ2n) is 3.96. The Hall–Kier alpha value is -0.820. The van der Waals surface area contributed by atoms with Crippen LogP contribution in [0.1, 0.15) is 34.7 Å². The monoisotopic (exact) mass is 159 g/mol. The van der Waals surface area contributed by atoms with Crippen molar-refractivity contribution in [2.45, 2.75) is 31.7 Å². The Morgan fingerprint density at radius 3 is 2.50 bits per heavy atom. The van der Waals surface area contributed by atoms with Gasteiger partial charge in [-0.2, -0.15) is 0 Å². The van der Waals surface area contributed by atoms with Crippen LogP contribution in [0.3, 0.4) is 0 Å². The topological polar surface area (TPSA) is 26.0 Å². The molecule has 0 fully saturated rings. The number of nitrogens with two attached hydrogens (primary N) is 1. The summed E-state index contributed by atoms with van der Waals surface area (Å²) in [6.45, 7) is 0. The van der Waals surface area contributed by atoms with Gasteiger partial charge in [-0.05, 0) is 47.9 Å². The van der Waals surface area contributed by atoms with E-state index in [2.05, 4.69) is 12.1 Å². The lowest BCUT2D eigenvalue weighted by Gasteiger charge is -2.20. The zero-order valence-corrected chi connectivity index (χ0v) is 7.14. The predicted octanol–water partition coefficient (Wildman–Crippen LogP) is 1.73. The predicted molar refractivity (Wildman–Crippen MR) is 49.1 cm³/mol. The van der Waals surface area contributed by atoms with Gasteiger partial charge in [-0.25, -0.2) is 0 Å². The Morgan fingerprint density at radius 1 is 1.00 bits per heavy atom. The molecule has 2 aliphatic rings. The van der Waals surface area contributed by atoms with E-state index in [9.17, 15) is 0 Å². The van der Waals surface area contributed by atoms with Crippen LogP contribution in [-0.4, -0.2) is 0 Å². The maximum absolute atomic E-state index is 5.99. The Kier molecular flexibility index (Phi) is 1.17. The van der Waals surface area contributed by atoms with Crippen molar-refractivity contribution in [2.24, 2.45) is 5.73 Å². The molecule has 1 heteroatoms. The summed E-state index contributed by atoms with van der Waals surface area (Å²) in [7, 11) is 0. The first kappa shape index (κ1) is 6.67. The summed E-state index contributed by atoms with van der Waals surface area (Å²) in [5, 5.41) is 0. The molecule has 0 aliphatic heterocycles. The van der Waals surface area contributed by atoms with Crippen LogP contribution in [0.25, 0.3) is 0 Å². The summed E-state index contributed by atoms with van der Waals surface area (Å²) in [6, 6.07) is 5.04. The van der Waals surface area contributed by atoms with Gasteiger partial charge < -0.3 is 5.73 Å². The van der Waals surface area contributed by atoms with Crippen LogP contribution in [0.5, 0.6) is 0 Å². The van der Waals surface area contributed by atoms with Gasteiger partial charge in [0.25, 0.3) is 0 Å². The van der Waals surface area contributed by atoms with Gasteiger partial charge in [-0.1, -0.05) is 12.1 Å². The molecule has 0 amide bonds. The molecule has 0 unspecified atom stereocenters. The number of benzene rings is 1. The number of hydrogen-bond donors (Lipinski definition) is 1. The molecule has 0 heterocycles. The number of rotatable bonds is 0. The van der Waals surface area contributed by atoms with Crippen molar-refractivity contribution in [1.82, 2.24) is 0 Å². The van der Waals surface area contributed by atoms with E-state index < -0.39 is 0 Å². The molecule has 2 aliphatic carbocycles. The van der Waals surface area contributed by atoms with Gasteiger partial charge in [0.15, 0.2) is 0 Å². The molecule has 1 nitrogen and oxygen atoms in total. The first-order valence-corrected chi connectivity index (χ1v) is 4.75. The highest BCUT2D eigenvalue weighted by Crippen LogP contribution is 2.35. The van der Waals surface area contributed by atoms with E-state index in [0.717, 1.165) is 6.42 Å². The van der Waals surface area contributed by atoms with Crippen molar-refractivity contribution in [1.29, 1.82) is 0 Å². The molecule has 0 saturated carbocycles. The summed E-state index contributed by atoms with van der Waals surface area (Å²) < 4.78 is 0. The number of aryl methyl sites for hydroxylation is 3. The average molecular weight is 159 g/mol. The van der Waals surface area contributed by atoms with E-state index >= 15 is 0 Å². The normalized spacial score (nSPS) is 24.6. The van der Waals surface area contributed by atoms with Gasteiger partial charge in [0.1, 0.15) is 0 Å². The minimum atomic E-state index is 0.325. The summed E-state index contributed by atoms with van der Waals surface area (Å²) in [4.78, 5) is 0. The maximum atomic E-state index is 5.99. The van der Waals surface area contributed by atoms with Crippen molar-refractivity contribution in [3.8, 4) is 0 Å². The van der Waals surface area contributed by atoms with E-state index in [1.807, 2.05) is 0 Å². The summed E-state index contributed by atoms with van der Waals surface area (Å²) in [5.41, 5.74) is 12.0. The molecule has 0 saturated heterocycles. The van der Waals surface area contributed by atoms with Crippen LogP contribution >= 0.6 is 0 Å². The summed E-state index contributed by atoms with van der Waals surface area (Å²) in [5.74, 6) is 0. The molecule has 0 spiro atoms. The van der Waals surface area contributed by atoms with E-state index in [1.54, 1.807) is 11.1 Å². The summed E-state index contributed by atoms with van der Waals surface area (Å²) >= 11 is 0. The quantitative estimate of drug-likeness (QED) is 0.613. The lowest BCUT2D eigenvalue weighted by Crippen LogP contribution is -2.12. The van der Waals surface area contributed by atoms with E-state index in [-0.39, 0.29) is 0 Å². The van der Waals surface area contributed by atoms with Gasteiger partial charge >= 0.3 is 0 Å². The van der Waals surface area contributed by atoms with Crippen molar-refractivity contribution >= 4 is 0 Å². The van der Waals surface area contributed by atoms with Crippen molar-refractivity contribution < 1.29 is 0 Å². The molecule has 2 N–H and O–H groups in total. The molecule has 0 aromatic heterocycles. The highest BCUT2D eigenvalue weighted by molar-refractivity contribution is 5.46. The molecule has 0 radical (unpaired) electrons. The van der Waals surface area contributed by atoms with Gasteiger partial charge in [-0.3, -0.25) is 0 Å². The molecule has 62 valence electrons. The van der Waals surface area contributed by atoms with Gasteiger partial charge in [0.05, 0.1) is 0 Å². The number of hydrogen-bond acceptors (Lipinski definition) is 1. The van der Waals surface area contributed by atoms with Crippen molar-refractivity contribution in [3.63, 3.8) is 0 Å². The maximum Gasteiger partial charge on any atom is 0.0300 e. The second-order valence-corrected chi connectivity index (χ2v) is 3.96. The highest BCUT2D eigenvalue weighted by Gasteiger charge is 2.23. The van der Waals surface area contributed by atoms with Crippen LogP contribution in [0.4, 0.5) is 0 Å². The van der Waals surface area contributed by atoms with Crippen LogP contribution in [0, 0.1) is 0 Å². The standard InChI is InChI=1S/C11H13N/c12-11-4-3-9-5-7-1-2-8(7)6-10(9)11/h5-6,11H,1-4,12H2/t11-/m1/s1. The lowest BCUT2D eigenvalue weighted by atomic mass is 9.85. The molecular formula is C11H13N. The molecule has 1 aromatic rings. The third kappa shape index (κ3) is 0.721. The molecule has 12 heavy (non-hydrogen) atoms. The van der Waals surface area contributed by atoms with Gasteiger partial charge in [0.2, 0.25) is 0 Å². The molecule has 3 rings (SSSR count). The lowest BCUT2D eigenvalue weighted by molar-refractivity contribution is 0.711. The van der Waals surface area contributed by atoms with Crippen molar-refractivity contribution in [3.05, 3.63) is 34.4 Å². The number of fused-ring (bicyclic) bond motifs is 2. The SMILES string of the molecule is N[C@@H]1CCc2cc3c(cc21)CC3.